The Labute approximate surface area is 165 Å². The van der Waals surface area contributed by atoms with Gasteiger partial charge in [0.05, 0.1) is 5.71 Å². The molecule has 6 heteroatoms. The van der Waals surface area contributed by atoms with Crippen LogP contribution in [0.4, 0.5) is 5.69 Å². The lowest BCUT2D eigenvalue weighted by atomic mass is 9.92. The minimum atomic E-state index is -0.384. The molecule has 0 fully saturated rings. The summed E-state index contributed by atoms with van der Waals surface area (Å²) in [5.74, 6) is 0.883. The van der Waals surface area contributed by atoms with Gasteiger partial charge in [-0.2, -0.15) is 5.10 Å². The summed E-state index contributed by atoms with van der Waals surface area (Å²) in [5, 5.41) is 18.0. The zero-order chi connectivity index (χ0) is 19.6. The molecule has 2 aromatic carbocycles. The molecule has 0 unspecified atom stereocenters. The Morgan fingerprint density at radius 2 is 2.07 bits per heavy atom. The van der Waals surface area contributed by atoms with Crippen molar-refractivity contribution in [1.29, 1.82) is 0 Å². The molecule has 1 aliphatic heterocycles. The van der Waals surface area contributed by atoms with E-state index >= 15 is 0 Å². The molecule has 3 rings (SSSR count). The van der Waals surface area contributed by atoms with E-state index in [1.54, 1.807) is 18.2 Å². The van der Waals surface area contributed by atoms with E-state index in [0.29, 0.717) is 17.3 Å². The van der Waals surface area contributed by atoms with Gasteiger partial charge in [0.15, 0.2) is 5.11 Å². The third-order valence-corrected chi connectivity index (χ3v) is 4.72. The Morgan fingerprint density at radius 3 is 2.81 bits per heavy atom. The molecule has 1 heterocycles. The molecule has 3 N–H and O–H groups in total. The highest BCUT2D eigenvalue weighted by Crippen LogP contribution is 2.35. The molecule has 27 heavy (non-hydrogen) atoms. The Morgan fingerprint density at radius 1 is 1.30 bits per heavy atom. The van der Waals surface area contributed by atoms with Crippen molar-refractivity contribution in [2.45, 2.75) is 46.1 Å². The Hall–Kier alpha value is -2.60. The van der Waals surface area contributed by atoms with Crippen LogP contribution >= 0.6 is 12.2 Å². The lowest BCUT2D eigenvalue weighted by molar-refractivity contribution is 0.111. The van der Waals surface area contributed by atoms with E-state index in [-0.39, 0.29) is 11.4 Å². The molecule has 0 aromatic heterocycles. The number of phenols is 1. The normalized spacial score (nSPS) is 16.4. The number of para-hydroxylation sites is 1. The van der Waals surface area contributed by atoms with E-state index in [0.717, 1.165) is 28.9 Å². The number of aromatic hydroxyl groups is 1. The molecule has 0 spiro atoms. The molecule has 142 valence electrons. The van der Waals surface area contributed by atoms with Crippen LogP contribution in [-0.4, -0.2) is 21.5 Å². The summed E-state index contributed by atoms with van der Waals surface area (Å²) in [7, 11) is 0. The van der Waals surface area contributed by atoms with E-state index in [1.165, 1.54) is 5.56 Å². The van der Waals surface area contributed by atoms with Crippen LogP contribution in [0.5, 0.6) is 11.5 Å². The molecule has 0 atom stereocenters. The number of nitrogens with one attached hydrogen (secondary N) is 2. The van der Waals surface area contributed by atoms with E-state index in [1.807, 2.05) is 19.9 Å². The van der Waals surface area contributed by atoms with Gasteiger partial charge < -0.3 is 15.2 Å². The highest BCUT2D eigenvalue weighted by Gasteiger charge is 2.31. The summed E-state index contributed by atoms with van der Waals surface area (Å²) in [6, 6.07) is 11.2. The summed E-state index contributed by atoms with van der Waals surface area (Å²) in [6.45, 7) is 8.19. The predicted molar refractivity (Wildman–Crippen MR) is 114 cm³/mol. The highest BCUT2D eigenvalue weighted by atomic mass is 32.1. The van der Waals surface area contributed by atoms with E-state index in [9.17, 15) is 5.11 Å². The predicted octanol–water partition coefficient (Wildman–Crippen LogP) is 4.51. The molecule has 0 radical (unpaired) electrons. The topological polar surface area (TPSA) is 65.9 Å². The number of nitrogens with zero attached hydrogens (tertiary/aromatic N) is 1. The number of phenolic OH excluding ortho intramolecular Hbond substituents is 1. The summed E-state index contributed by atoms with van der Waals surface area (Å²) in [6.07, 6.45) is 1.52. The van der Waals surface area contributed by atoms with Crippen molar-refractivity contribution in [3.05, 3.63) is 53.1 Å². The minimum Gasteiger partial charge on any atom is -0.508 e. The van der Waals surface area contributed by atoms with Crippen LogP contribution in [0.1, 0.15) is 43.9 Å². The third kappa shape index (κ3) is 4.39. The number of hydrogen-bond donors (Lipinski definition) is 3. The molecular weight excluding hydrogens is 358 g/mol. The van der Waals surface area contributed by atoms with Gasteiger partial charge in [-0.1, -0.05) is 25.1 Å². The molecular formula is C21H25N3O2S. The first-order valence-electron chi connectivity index (χ1n) is 9.03. The second kappa shape index (κ2) is 7.56. The second-order valence-electron chi connectivity index (χ2n) is 7.31. The SMILES string of the molecule is CCc1cccc(C)c1NC(=S)NN=C1CC(C)(C)Oc2ccc(O)cc21. The number of thiocarbonyl (C=S) groups is 1. The van der Waals surface area contributed by atoms with Gasteiger partial charge in [-0.05, 0) is 68.7 Å². The van der Waals surface area contributed by atoms with Crippen LogP contribution in [0.15, 0.2) is 41.5 Å². The number of ether oxygens (including phenoxy) is 1. The van der Waals surface area contributed by atoms with Crippen molar-refractivity contribution in [3.63, 3.8) is 0 Å². The van der Waals surface area contributed by atoms with Gasteiger partial charge in [0.25, 0.3) is 0 Å². The monoisotopic (exact) mass is 383 g/mol. The Bertz CT molecular complexity index is 906. The fourth-order valence-electron chi connectivity index (χ4n) is 3.23. The first-order chi connectivity index (χ1) is 12.8. The average Bonchev–Trinajstić information content (AvgIpc) is 2.61. The van der Waals surface area contributed by atoms with Crippen LogP contribution in [0.3, 0.4) is 0 Å². The minimum absolute atomic E-state index is 0.179. The number of benzene rings is 2. The summed E-state index contributed by atoms with van der Waals surface area (Å²) in [4.78, 5) is 0. The third-order valence-electron chi connectivity index (χ3n) is 4.52. The molecule has 0 amide bonds. The van der Waals surface area contributed by atoms with Crippen LogP contribution < -0.4 is 15.5 Å². The first-order valence-corrected chi connectivity index (χ1v) is 9.44. The van der Waals surface area contributed by atoms with Gasteiger partial charge in [0, 0.05) is 17.7 Å². The number of hydrogen-bond acceptors (Lipinski definition) is 4. The largest absolute Gasteiger partial charge is 0.508 e. The first kappa shape index (κ1) is 19.2. The number of anilines is 1. The maximum Gasteiger partial charge on any atom is 0.191 e. The maximum atomic E-state index is 9.83. The summed E-state index contributed by atoms with van der Waals surface area (Å²) < 4.78 is 5.98. The van der Waals surface area contributed by atoms with Crippen molar-refractivity contribution in [1.82, 2.24) is 5.43 Å². The Kier molecular flexibility index (Phi) is 5.37. The maximum absolute atomic E-state index is 9.83. The lowest BCUT2D eigenvalue weighted by Crippen LogP contribution is -2.37. The zero-order valence-corrected chi connectivity index (χ0v) is 16.9. The summed E-state index contributed by atoms with van der Waals surface area (Å²) >= 11 is 5.44. The van der Waals surface area contributed by atoms with Crippen LogP contribution in [0.25, 0.3) is 0 Å². The standard InChI is InChI=1S/C21H25N3O2S/c1-5-14-8-6-7-13(2)19(14)22-20(27)24-23-17-12-21(3,4)26-18-10-9-15(25)11-16(17)18/h6-11,25H,5,12H2,1-4H3,(H2,22,24,27). The quantitative estimate of drug-likeness (QED) is 0.537. The van der Waals surface area contributed by atoms with E-state index in [2.05, 4.69) is 41.8 Å². The molecule has 0 bridgehead atoms. The van der Waals surface area contributed by atoms with Crippen molar-refractivity contribution in [2.75, 3.05) is 5.32 Å². The summed E-state index contributed by atoms with van der Waals surface area (Å²) in [5.41, 5.74) is 7.48. The fraction of sp³-hybridized carbons (Fsp3) is 0.333. The lowest BCUT2D eigenvalue weighted by Gasteiger charge is -2.33. The van der Waals surface area contributed by atoms with E-state index in [4.69, 9.17) is 17.0 Å². The Balaban J connectivity index is 1.82. The number of fused-ring (bicyclic) bond motifs is 1. The fourth-order valence-corrected chi connectivity index (χ4v) is 3.37. The molecule has 1 aliphatic rings. The van der Waals surface area contributed by atoms with Gasteiger partial charge in [-0.25, -0.2) is 0 Å². The number of hydrazone groups is 1. The van der Waals surface area contributed by atoms with Crippen molar-refractivity contribution >= 4 is 28.7 Å². The smallest absolute Gasteiger partial charge is 0.191 e. The van der Waals surface area contributed by atoms with Gasteiger partial charge in [0.1, 0.15) is 17.1 Å². The van der Waals surface area contributed by atoms with Gasteiger partial charge >= 0.3 is 0 Å². The molecule has 0 saturated heterocycles. The van der Waals surface area contributed by atoms with Crippen molar-refractivity contribution in [3.8, 4) is 11.5 Å². The number of aryl methyl sites for hydroxylation is 2. The van der Waals surface area contributed by atoms with Crippen molar-refractivity contribution in [2.24, 2.45) is 5.10 Å². The molecule has 0 saturated carbocycles. The van der Waals surface area contributed by atoms with Gasteiger partial charge in [0.2, 0.25) is 0 Å². The van der Waals surface area contributed by atoms with E-state index < -0.39 is 0 Å². The number of rotatable bonds is 3. The molecule has 5 nitrogen and oxygen atoms in total. The van der Waals surface area contributed by atoms with Crippen LogP contribution in [0.2, 0.25) is 0 Å². The van der Waals surface area contributed by atoms with Crippen LogP contribution in [-0.2, 0) is 6.42 Å². The molecule has 0 aliphatic carbocycles. The second-order valence-corrected chi connectivity index (χ2v) is 7.71. The zero-order valence-electron chi connectivity index (χ0n) is 16.1. The van der Waals surface area contributed by atoms with Gasteiger partial charge in [-0.3, -0.25) is 5.43 Å². The average molecular weight is 384 g/mol. The van der Waals surface area contributed by atoms with Gasteiger partial charge in [-0.15, -0.1) is 0 Å². The molecule has 2 aromatic rings. The highest BCUT2D eigenvalue weighted by molar-refractivity contribution is 7.80. The van der Waals surface area contributed by atoms with Crippen LogP contribution in [0, 0.1) is 6.92 Å². The van der Waals surface area contributed by atoms with Crippen molar-refractivity contribution < 1.29 is 9.84 Å².